The molecule has 1 aromatic carbocycles. The van der Waals surface area contributed by atoms with Gasteiger partial charge in [0, 0.05) is 30.2 Å². The maximum atomic E-state index is 13.3. The zero-order valence-electron chi connectivity index (χ0n) is 17.6. The Morgan fingerprint density at radius 1 is 1.37 bits per heavy atom. The van der Waals surface area contributed by atoms with Gasteiger partial charge in [0.15, 0.2) is 0 Å². The second-order valence-corrected chi connectivity index (χ2v) is 9.24. The predicted molar refractivity (Wildman–Crippen MR) is 115 cm³/mol. The molecule has 2 aromatic rings. The molecule has 6 nitrogen and oxygen atoms in total. The van der Waals surface area contributed by atoms with Gasteiger partial charge in [-0.05, 0) is 30.4 Å². The molecule has 3 aliphatic heterocycles. The summed E-state index contributed by atoms with van der Waals surface area (Å²) in [5.74, 6) is -0.308. The maximum absolute atomic E-state index is 13.3. The third-order valence-electron chi connectivity index (χ3n) is 6.83. The number of hydrogen-bond acceptors (Lipinski definition) is 3. The molecule has 2 amide bonds. The molecule has 4 atom stereocenters. The van der Waals surface area contributed by atoms with E-state index in [1.54, 1.807) is 0 Å². The number of nitrogens with zero attached hydrogens (tertiary/aromatic N) is 1. The summed E-state index contributed by atoms with van der Waals surface area (Å²) in [4.78, 5) is 31.4. The number of ether oxygens (including phenoxy) is 1. The third-order valence-corrected chi connectivity index (χ3v) is 6.83. The van der Waals surface area contributed by atoms with E-state index < -0.39 is 17.4 Å². The van der Waals surface area contributed by atoms with Crippen LogP contribution >= 0.6 is 0 Å². The van der Waals surface area contributed by atoms with Gasteiger partial charge in [-0.1, -0.05) is 44.2 Å². The van der Waals surface area contributed by atoms with Gasteiger partial charge in [0.25, 0.3) is 0 Å². The molecule has 158 valence electrons. The number of carbonyl (C=O) groups is 2. The molecule has 4 heterocycles. The number of carbonyl (C=O) groups excluding carboxylic acids is 2. The number of likely N-dealkylation sites (tertiary alicyclic amines) is 1. The number of aromatic amines is 1. The molecule has 1 aromatic heterocycles. The van der Waals surface area contributed by atoms with E-state index in [4.69, 9.17) is 4.74 Å². The van der Waals surface area contributed by atoms with E-state index in [1.807, 2.05) is 35.4 Å². The van der Waals surface area contributed by atoms with Gasteiger partial charge >= 0.3 is 0 Å². The minimum Gasteiger partial charge on any atom is -0.361 e. The first-order valence-corrected chi connectivity index (χ1v) is 11.0. The van der Waals surface area contributed by atoms with Crippen LogP contribution < -0.4 is 5.32 Å². The molecule has 30 heavy (non-hydrogen) atoms. The van der Waals surface area contributed by atoms with Crippen molar-refractivity contribution in [2.45, 2.75) is 38.4 Å². The number of aromatic nitrogens is 1. The van der Waals surface area contributed by atoms with Crippen LogP contribution in [-0.4, -0.2) is 53.0 Å². The van der Waals surface area contributed by atoms with Gasteiger partial charge in [0.1, 0.15) is 5.60 Å². The summed E-state index contributed by atoms with van der Waals surface area (Å²) in [6.45, 7) is 6.07. The molecule has 1 spiro atoms. The lowest BCUT2D eigenvalue weighted by molar-refractivity contribution is -0.137. The highest BCUT2D eigenvalue weighted by Gasteiger charge is 2.66. The van der Waals surface area contributed by atoms with Gasteiger partial charge in [0.05, 0.1) is 24.5 Å². The zero-order chi connectivity index (χ0) is 20.9. The lowest BCUT2D eigenvalue weighted by Crippen LogP contribution is -2.44. The second kappa shape index (κ2) is 7.27. The fourth-order valence-corrected chi connectivity index (χ4v) is 5.26. The second-order valence-electron chi connectivity index (χ2n) is 9.24. The van der Waals surface area contributed by atoms with Crippen LogP contribution in [0.15, 0.2) is 42.6 Å². The van der Waals surface area contributed by atoms with Crippen LogP contribution in [-0.2, 0) is 20.7 Å². The SMILES string of the molecule is CC(C)CCNC(=O)C1C2C=CC3(CN(CCc4c[nH]c5ccccc45)C(=O)C13)O2. The number of benzene rings is 1. The maximum Gasteiger partial charge on any atom is 0.230 e. The summed E-state index contributed by atoms with van der Waals surface area (Å²) >= 11 is 0. The summed E-state index contributed by atoms with van der Waals surface area (Å²) in [6, 6.07) is 8.21. The van der Waals surface area contributed by atoms with Crippen molar-refractivity contribution in [3.63, 3.8) is 0 Å². The van der Waals surface area contributed by atoms with Gasteiger partial charge in [-0.25, -0.2) is 0 Å². The van der Waals surface area contributed by atoms with Gasteiger partial charge < -0.3 is 19.9 Å². The van der Waals surface area contributed by atoms with Crippen LogP contribution in [0.1, 0.15) is 25.8 Å². The number of nitrogens with one attached hydrogen (secondary N) is 2. The fraction of sp³-hybridized carbons (Fsp3) is 0.500. The first-order chi connectivity index (χ1) is 14.5. The van der Waals surface area contributed by atoms with Gasteiger partial charge in [-0.2, -0.15) is 0 Å². The highest BCUT2D eigenvalue weighted by Crippen LogP contribution is 2.51. The van der Waals surface area contributed by atoms with Crippen molar-refractivity contribution in [2.75, 3.05) is 19.6 Å². The molecule has 2 fully saturated rings. The van der Waals surface area contributed by atoms with E-state index in [-0.39, 0.29) is 17.9 Å². The molecular formula is C24H29N3O3. The lowest BCUT2D eigenvalue weighted by Gasteiger charge is -2.23. The molecule has 3 aliphatic rings. The summed E-state index contributed by atoms with van der Waals surface area (Å²) in [5.41, 5.74) is 1.68. The minimum atomic E-state index is -0.637. The first-order valence-electron chi connectivity index (χ1n) is 11.0. The Morgan fingerprint density at radius 2 is 2.20 bits per heavy atom. The molecule has 2 saturated heterocycles. The summed E-state index contributed by atoms with van der Waals surface area (Å²) in [7, 11) is 0. The van der Waals surface area contributed by atoms with Gasteiger partial charge in [0.2, 0.25) is 11.8 Å². The summed E-state index contributed by atoms with van der Waals surface area (Å²) in [5, 5.41) is 4.23. The van der Waals surface area contributed by atoms with Gasteiger partial charge in [-0.15, -0.1) is 0 Å². The first kappa shape index (κ1) is 19.4. The van der Waals surface area contributed by atoms with Crippen molar-refractivity contribution in [1.82, 2.24) is 15.2 Å². The quantitative estimate of drug-likeness (QED) is 0.693. The van der Waals surface area contributed by atoms with Crippen molar-refractivity contribution in [3.8, 4) is 0 Å². The molecule has 4 unspecified atom stereocenters. The number of fused-ring (bicyclic) bond motifs is 2. The van der Waals surface area contributed by atoms with Crippen molar-refractivity contribution in [1.29, 1.82) is 0 Å². The Balaban J connectivity index is 1.29. The molecule has 2 N–H and O–H groups in total. The highest BCUT2D eigenvalue weighted by molar-refractivity contribution is 5.93. The standard InChI is InChI=1S/C24H29N3O3/c1-15(2)8-11-25-22(28)20-19-7-10-24(30-19)14-27(23(29)21(20)24)12-9-16-13-26-18-6-4-3-5-17(16)18/h3-7,10,13,15,19-21,26H,8-9,11-12,14H2,1-2H3,(H,25,28). The van der Waals surface area contributed by atoms with E-state index in [2.05, 4.69) is 36.3 Å². The molecule has 6 heteroatoms. The average Bonchev–Trinajstić information content (AvgIpc) is 3.46. The number of amides is 2. The van der Waals surface area contributed by atoms with E-state index in [1.165, 1.54) is 10.9 Å². The smallest absolute Gasteiger partial charge is 0.230 e. The number of para-hydroxylation sites is 1. The van der Waals surface area contributed by atoms with Crippen molar-refractivity contribution < 1.29 is 14.3 Å². The van der Waals surface area contributed by atoms with E-state index in [9.17, 15) is 9.59 Å². The summed E-state index contributed by atoms with van der Waals surface area (Å²) < 4.78 is 6.21. The van der Waals surface area contributed by atoms with Crippen LogP contribution in [0.3, 0.4) is 0 Å². The zero-order valence-corrected chi connectivity index (χ0v) is 17.6. The molecular weight excluding hydrogens is 378 g/mol. The Morgan fingerprint density at radius 3 is 3.03 bits per heavy atom. The van der Waals surface area contributed by atoms with Gasteiger partial charge in [-0.3, -0.25) is 9.59 Å². The molecule has 0 aliphatic carbocycles. The Kier molecular flexibility index (Phi) is 4.69. The fourth-order valence-electron chi connectivity index (χ4n) is 5.26. The predicted octanol–water partition coefficient (Wildman–Crippen LogP) is 2.65. The van der Waals surface area contributed by atoms with Crippen LogP contribution in [0, 0.1) is 17.8 Å². The van der Waals surface area contributed by atoms with Crippen LogP contribution in [0.5, 0.6) is 0 Å². The molecule has 5 rings (SSSR count). The van der Waals surface area contributed by atoms with Crippen LogP contribution in [0.2, 0.25) is 0 Å². The molecule has 0 radical (unpaired) electrons. The van der Waals surface area contributed by atoms with Crippen LogP contribution in [0.25, 0.3) is 10.9 Å². The van der Waals surface area contributed by atoms with Crippen molar-refractivity contribution in [3.05, 3.63) is 48.2 Å². The van der Waals surface area contributed by atoms with E-state index >= 15 is 0 Å². The molecule has 0 saturated carbocycles. The topological polar surface area (TPSA) is 74.4 Å². The minimum absolute atomic E-state index is 0.0469. The van der Waals surface area contributed by atoms with Crippen LogP contribution in [0.4, 0.5) is 0 Å². The normalized spacial score (nSPS) is 29.4. The molecule has 2 bridgehead atoms. The third kappa shape index (κ3) is 3.05. The van der Waals surface area contributed by atoms with E-state index in [0.29, 0.717) is 25.6 Å². The lowest BCUT2D eigenvalue weighted by atomic mass is 9.77. The Hall–Kier alpha value is -2.60. The van der Waals surface area contributed by atoms with Crippen molar-refractivity contribution >= 4 is 22.7 Å². The monoisotopic (exact) mass is 407 g/mol. The largest absolute Gasteiger partial charge is 0.361 e. The average molecular weight is 408 g/mol. The number of rotatable bonds is 7. The number of hydrogen-bond donors (Lipinski definition) is 2. The Labute approximate surface area is 176 Å². The highest BCUT2D eigenvalue weighted by atomic mass is 16.5. The number of H-pyrrole nitrogens is 1. The van der Waals surface area contributed by atoms with E-state index in [0.717, 1.165) is 18.4 Å². The summed E-state index contributed by atoms with van der Waals surface area (Å²) in [6.07, 6.45) is 7.44. The Bertz CT molecular complexity index is 1010. The van der Waals surface area contributed by atoms with Crippen molar-refractivity contribution in [2.24, 2.45) is 17.8 Å².